The minimum atomic E-state index is -0.180. The van der Waals surface area contributed by atoms with Crippen LogP contribution in [-0.2, 0) is 4.79 Å². The monoisotopic (exact) mass is 238 g/mol. The Morgan fingerprint density at radius 3 is 2.59 bits per heavy atom. The van der Waals surface area contributed by atoms with Crippen molar-refractivity contribution in [2.24, 2.45) is 5.92 Å². The molecule has 0 amide bonds. The molecule has 0 aliphatic heterocycles. The Labute approximate surface area is 102 Å². The lowest BCUT2D eigenvalue weighted by Crippen LogP contribution is -2.47. The molecule has 0 saturated carbocycles. The summed E-state index contributed by atoms with van der Waals surface area (Å²) < 4.78 is 0. The van der Waals surface area contributed by atoms with Crippen molar-refractivity contribution in [1.82, 2.24) is 15.3 Å². The molecule has 0 aliphatic carbocycles. The summed E-state index contributed by atoms with van der Waals surface area (Å²) >= 11 is 0. The number of H-pyrrole nitrogens is 1. The standard InChI is InChI=1S/C12H22N4O/c1-8(2)11(17)10(16-9(3)4)7-15-12-13-5-6-14-12/h5-6,8-10,16H,7H2,1-4H3,(H2,13,14,15). The molecule has 0 fully saturated rings. The molecule has 1 unspecified atom stereocenters. The Balaban J connectivity index is 2.54. The Morgan fingerprint density at radius 1 is 1.41 bits per heavy atom. The van der Waals surface area contributed by atoms with Crippen LogP contribution in [0.25, 0.3) is 0 Å². The number of nitrogens with zero attached hydrogens (tertiary/aromatic N) is 1. The first-order chi connectivity index (χ1) is 8.00. The number of aromatic nitrogens is 2. The predicted molar refractivity (Wildman–Crippen MR) is 69.0 cm³/mol. The quantitative estimate of drug-likeness (QED) is 0.672. The van der Waals surface area contributed by atoms with Crippen molar-refractivity contribution < 1.29 is 4.79 Å². The molecule has 5 heteroatoms. The number of Topliss-reactive ketones (excluding diaryl/α,β-unsaturated/α-hetero) is 1. The molecule has 3 N–H and O–H groups in total. The van der Waals surface area contributed by atoms with Gasteiger partial charge >= 0.3 is 0 Å². The Hall–Kier alpha value is -1.36. The van der Waals surface area contributed by atoms with E-state index in [0.29, 0.717) is 12.5 Å². The second kappa shape index (κ2) is 6.39. The van der Waals surface area contributed by atoms with Crippen LogP contribution in [0.1, 0.15) is 27.7 Å². The van der Waals surface area contributed by atoms with Gasteiger partial charge in [-0.15, -0.1) is 0 Å². The third-order valence-corrected chi connectivity index (χ3v) is 2.42. The number of aromatic amines is 1. The smallest absolute Gasteiger partial charge is 0.200 e. The molecule has 0 spiro atoms. The molecule has 1 rings (SSSR count). The first-order valence-electron chi connectivity index (χ1n) is 6.03. The first-order valence-corrected chi connectivity index (χ1v) is 6.03. The molecule has 1 aromatic rings. The van der Waals surface area contributed by atoms with Gasteiger partial charge in [0.1, 0.15) is 0 Å². The minimum Gasteiger partial charge on any atom is -0.354 e. The van der Waals surface area contributed by atoms with Crippen LogP contribution in [0.4, 0.5) is 5.95 Å². The molecular weight excluding hydrogens is 216 g/mol. The van der Waals surface area contributed by atoms with Gasteiger partial charge in [0.15, 0.2) is 11.7 Å². The zero-order chi connectivity index (χ0) is 12.8. The normalized spacial score (nSPS) is 13.1. The maximum atomic E-state index is 12.0. The van der Waals surface area contributed by atoms with Crippen LogP contribution in [0.5, 0.6) is 0 Å². The number of nitrogens with one attached hydrogen (secondary N) is 3. The minimum absolute atomic E-state index is 0.0321. The van der Waals surface area contributed by atoms with E-state index in [9.17, 15) is 4.79 Å². The van der Waals surface area contributed by atoms with E-state index >= 15 is 0 Å². The van der Waals surface area contributed by atoms with Crippen molar-refractivity contribution in [2.45, 2.75) is 39.8 Å². The van der Waals surface area contributed by atoms with Crippen molar-refractivity contribution >= 4 is 11.7 Å². The molecule has 1 aromatic heterocycles. The van der Waals surface area contributed by atoms with E-state index in [-0.39, 0.29) is 23.8 Å². The Morgan fingerprint density at radius 2 is 2.12 bits per heavy atom. The number of carbonyl (C=O) groups excluding carboxylic acids is 1. The van der Waals surface area contributed by atoms with Gasteiger partial charge in [-0.1, -0.05) is 27.7 Å². The molecule has 0 radical (unpaired) electrons. The van der Waals surface area contributed by atoms with Crippen LogP contribution in [0.2, 0.25) is 0 Å². The summed E-state index contributed by atoms with van der Waals surface area (Å²) in [5.41, 5.74) is 0. The second-order valence-corrected chi connectivity index (χ2v) is 4.75. The largest absolute Gasteiger partial charge is 0.354 e. The molecule has 5 nitrogen and oxygen atoms in total. The zero-order valence-corrected chi connectivity index (χ0v) is 10.9. The fourth-order valence-corrected chi connectivity index (χ4v) is 1.61. The maximum absolute atomic E-state index is 12.0. The van der Waals surface area contributed by atoms with Crippen LogP contribution >= 0.6 is 0 Å². The number of hydrogen-bond acceptors (Lipinski definition) is 4. The van der Waals surface area contributed by atoms with Crippen LogP contribution < -0.4 is 10.6 Å². The summed E-state index contributed by atoms with van der Waals surface area (Å²) in [5.74, 6) is 0.944. The summed E-state index contributed by atoms with van der Waals surface area (Å²) in [4.78, 5) is 19.0. The highest BCUT2D eigenvalue weighted by Gasteiger charge is 2.21. The number of carbonyl (C=O) groups is 1. The van der Waals surface area contributed by atoms with Gasteiger partial charge in [-0.25, -0.2) is 4.98 Å². The molecule has 0 saturated heterocycles. The molecular formula is C12H22N4O. The summed E-state index contributed by atoms with van der Waals surface area (Å²) in [6.07, 6.45) is 3.43. The number of hydrogen-bond donors (Lipinski definition) is 3. The lowest BCUT2D eigenvalue weighted by atomic mass is 10.0. The summed E-state index contributed by atoms with van der Waals surface area (Å²) in [6, 6.07) is 0.0983. The Kier molecular flexibility index (Phi) is 5.15. The van der Waals surface area contributed by atoms with Crippen LogP contribution in [-0.4, -0.2) is 34.4 Å². The summed E-state index contributed by atoms with van der Waals surface area (Å²) in [6.45, 7) is 8.46. The van der Waals surface area contributed by atoms with E-state index in [1.165, 1.54) is 0 Å². The highest BCUT2D eigenvalue weighted by molar-refractivity contribution is 5.86. The molecule has 0 bridgehead atoms. The van der Waals surface area contributed by atoms with Crippen molar-refractivity contribution in [3.05, 3.63) is 12.4 Å². The fourth-order valence-electron chi connectivity index (χ4n) is 1.61. The van der Waals surface area contributed by atoms with E-state index in [0.717, 1.165) is 0 Å². The highest BCUT2D eigenvalue weighted by Crippen LogP contribution is 2.03. The zero-order valence-electron chi connectivity index (χ0n) is 10.9. The number of ketones is 1. The third-order valence-electron chi connectivity index (χ3n) is 2.42. The average Bonchev–Trinajstić information content (AvgIpc) is 2.75. The molecule has 1 atom stereocenters. The van der Waals surface area contributed by atoms with Crippen molar-refractivity contribution in [3.8, 4) is 0 Å². The van der Waals surface area contributed by atoms with Crippen LogP contribution in [0.15, 0.2) is 12.4 Å². The van der Waals surface area contributed by atoms with Gasteiger partial charge < -0.3 is 15.6 Å². The van der Waals surface area contributed by atoms with Gasteiger partial charge in [0.2, 0.25) is 0 Å². The number of rotatable bonds is 7. The molecule has 17 heavy (non-hydrogen) atoms. The molecule has 0 aromatic carbocycles. The van der Waals surface area contributed by atoms with Crippen LogP contribution in [0, 0.1) is 5.92 Å². The SMILES string of the molecule is CC(C)NC(CNc1ncc[nH]1)C(=O)C(C)C. The summed E-state index contributed by atoms with van der Waals surface area (Å²) in [5, 5.41) is 6.39. The topological polar surface area (TPSA) is 69.8 Å². The third kappa shape index (κ3) is 4.56. The second-order valence-electron chi connectivity index (χ2n) is 4.75. The Bertz CT molecular complexity index is 332. The lowest BCUT2D eigenvalue weighted by Gasteiger charge is -2.22. The fraction of sp³-hybridized carbons (Fsp3) is 0.667. The highest BCUT2D eigenvalue weighted by atomic mass is 16.1. The van der Waals surface area contributed by atoms with E-state index in [2.05, 4.69) is 20.6 Å². The predicted octanol–water partition coefficient (Wildman–Crippen LogP) is 1.41. The first kappa shape index (κ1) is 13.7. The number of anilines is 1. The summed E-state index contributed by atoms with van der Waals surface area (Å²) in [7, 11) is 0. The van der Waals surface area contributed by atoms with E-state index < -0.39 is 0 Å². The molecule has 0 aliphatic rings. The van der Waals surface area contributed by atoms with Crippen molar-refractivity contribution in [1.29, 1.82) is 0 Å². The van der Waals surface area contributed by atoms with Gasteiger partial charge in [0.05, 0.1) is 6.04 Å². The van der Waals surface area contributed by atoms with E-state index in [4.69, 9.17) is 0 Å². The average molecular weight is 238 g/mol. The van der Waals surface area contributed by atoms with Gasteiger partial charge in [-0.05, 0) is 0 Å². The van der Waals surface area contributed by atoms with Gasteiger partial charge in [-0.3, -0.25) is 4.79 Å². The van der Waals surface area contributed by atoms with Crippen molar-refractivity contribution in [3.63, 3.8) is 0 Å². The number of imidazole rings is 1. The van der Waals surface area contributed by atoms with Gasteiger partial charge in [0, 0.05) is 30.9 Å². The van der Waals surface area contributed by atoms with E-state index in [1.807, 2.05) is 27.7 Å². The van der Waals surface area contributed by atoms with E-state index in [1.54, 1.807) is 12.4 Å². The lowest BCUT2D eigenvalue weighted by molar-refractivity contribution is -0.123. The molecule has 96 valence electrons. The van der Waals surface area contributed by atoms with Gasteiger partial charge in [-0.2, -0.15) is 0 Å². The molecule has 1 heterocycles. The van der Waals surface area contributed by atoms with Crippen molar-refractivity contribution in [2.75, 3.05) is 11.9 Å². The van der Waals surface area contributed by atoms with Crippen LogP contribution in [0.3, 0.4) is 0 Å². The maximum Gasteiger partial charge on any atom is 0.200 e. The van der Waals surface area contributed by atoms with Gasteiger partial charge in [0.25, 0.3) is 0 Å².